The average Bonchev–Trinajstić information content (AvgIpc) is 3.23. The van der Waals surface area contributed by atoms with Crippen LogP contribution in [-0.2, 0) is 0 Å². The summed E-state index contributed by atoms with van der Waals surface area (Å²) in [4.78, 5) is 14.3. The van der Waals surface area contributed by atoms with Crippen LogP contribution in [0.2, 0.25) is 0 Å². The van der Waals surface area contributed by atoms with Gasteiger partial charge in [-0.3, -0.25) is 4.79 Å². The topological polar surface area (TPSA) is 87.0 Å². The summed E-state index contributed by atoms with van der Waals surface area (Å²) >= 11 is 1.31. The standard InChI is InChI=1S/C29H30O5S/c1-2-3-4-5-6-7-16-34-23-14-10-19(11-15-23)28(33)27-26-24(32)17-22(31)18-25(26)35-29(27)20-8-12-21(30)13-9-20/h8-15,17-18,30-32H,2-7,16H2,1H3. The third-order valence-electron chi connectivity index (χ3n) is 5.99. The maximum Gasteiger partial charge on any atom is 0.195 e. The molecule has 0 saturated heterocycles. The van der Waals surface area contributed by atoms with E-state index in [4.69, 9.17) is 4.74 Å². The fourth-order valence-electron chi connectivity index (χ4n) is 4.14. The minimum Gasteiger partial charge on any atom is -0.508 e. The summed E-state index contributed by atoms with van der Waals surface area (Å²) in [5.74, 6) is 0.391. The summed E-state index contributed by atoms with van der Waals surface area (Å²) in [6.45, 7) is 2.86. The molecule has 0 aliphatic carbocycles. The van der Waals surface area contributed by atoms with Crippen molar-refractivity contribution in [3.05, 3.63) is 71.8 Å². The molecule has 0 saturated carbocycles. The molecular formula is C29H30O5S. The number of hydrogen-bond donors (Lipinski definition) is 3. The summed E-state index contributed by atoms with van der Waals surface area (Å²) in [5, 5.41) is 30.7. The highest BCUT2D eigenvalue weighted by Crippen LogP contribution is 2.45. The van der Waals surface area contributed by atoms with Crippen molar-refractivity contribution < 1.29 is 24.9 Å². The van der Waals surface area contributed by atoms with Gasteiger partial charge >= 0.3 is 0 Å². The second kappa shape index (κ2) is 11.3. The molecule has 0 aliphatic rings. The number of aromatic hydroxyl groups is 3. The zero-order valence-electron chi connectivity index (χ0n) is 19.8. The van der Waals surface area contributed by atoms with Crippen LogP contribution in [0.3, 0.4) is 0 Å². The molecular weight excluding hydrogens is 460 g/mol. The van der Waals surface area contributed by atoms with Crippen molar-refractivity contribution >= 4 is 27.2 Å². The van der Waals surface area contributed by atoms with Gasteiger partial charge in [-0.05, 0) is 66.6 Å². The molecule has 0 unspecified atom stereocenters. The summed E-state index contributed by atoms with van der Waals surface area (Å²) in [6.07, 6.45) is 7.18. The molecule has 0 fully saturated rings. The Balaban J connectivity index is 1.57. The van der Waals surface area contributed by atoms with Crippen LogP contribution in [0.25, 0.3) is 20.5 Å². The van der Waals surface area contributed by atoms with Gasteiger partial charge in [0.1, 0.15) is 23.0 Å². The van der Waals surface area contributed by atoms with Crippen molar-refractivity contribution in [3.8, 4) is 33.4 Å². The lowest BCUT2D eigenvalue weighted by Crippen LogP contribution is -2.03. The number of phenolic OH excluding ortho intramolecular Hbond substituents is 3. The largest absolute Gasteiger partial charge is 0.508 e. The summed E-state index contributed by atoms with van der Waals surface area (Å²) < 4.78 is 6.45. The van der Waals surface area contributed by atoms with E-state index in [1.54, 1.807) is 54.6 Å². The highest BCUT2D eigenvalue weighted by Gasteiger charge is 2.24. The minimum absolute atomic E-state index is 0.0700. The molecule has 0 aliphatic heterocycles. The molecule has 6 heteroatoms. The van der Waals surface area contributed by atoms with Gasteiger partial charge in [-0.25, -0.2) is 0 Å². The van der Waals surface area contributed by atoms with Gasteiger partial charge in [-0.15, -0.1) is 11.3 Å². The Bertz CT molecular complexity index is 1290. The van der Waals surface area contributed by atoms with Crippen molar-refractivity contribution in [1.82, 2.24) is 0 Å². The Hall–Kier alpha value is -3.51. The van der Waals surface area contributed by atoms with Gasteiger partial charge < -0.3 is 20.1 Å². The van der Waals surface area contributed by atoms with E-state index in [2.05, 4.69) is 6.92 Å². The number of phenols is 3. The highest BCUT2D eigenvalue weighted by molar-refractivity contribution is 7.23. The third kappa shape index (κ3) is 5.77. The molecule has 0 bridgehead atoms. The van der Waals surface area contributed by atoms with Crippen LogP contribution in [0.1, 0.15) is 61.4 Å². The second-order valence-corrected chi connectivity index (χ2v) is 9.71. The molecule has 0 spiro atoms. The second-order valence-electron chi connectivity index (χ2n) is 8.66. The van der Waals surface area contributed by atoms with Crippen LogP contribution in [0.5, 0.6) is 23.0 Å². The fourth-order valence-corrected chi connectivity index (χ4v) is 5.40. The molecule has 0 atom stereocenters. The number of rotatable bonds is 11. The molecule has 1 aromatic heterocycles. The molecule has 0 radical (unpaired) electrons. The average molecular weight is 491 g/mol. The Morgan fingerprint density at radius 2 is 1.51 bits per heavy atom. The molecule has 3 N–H and O–H groups in total. The molecule has 4 aromatic rings. The van der Waals surface area contributed by atoms with Crippen LogP contribution >= 0.6 is 11.3 Å². The van der Waals surface area contributed by atoms with E-state index in [1.165, 1.54) is 43.1 Å². The molecule has 182 valence electrons. The number of carbonyl (C=O) groups excluding carboxylic acids is 1. The number of ether oxygens (including phenoxy) is 1. The molecule has 0 amide bonds. The van der Waals surface area contributed by atoms with Crippen LogP contribution in [0.15, 0.2) is 60.7 Å². The monoisotopic (exact) mass is 490 g/mol. The summed E-state index contributed by atoms with van der Waals surface area (Å²) in [7, 11) is 0. The van der Waals surface area contributed by atoms with E-state index in [-0.39, 0.29) is 23.0 Å². The van der Waals surface area contributed by atoms with Crippen LogP contribution in [0.4, 0.5) is 0 Å². The first kappa shape index (κ1) is 24.6. The maximum atomic E-state index is 13.7. The predicted octanol–water partition coefficient (Wildman–Crippen LogP) is 7.66. The molecule has 1 heterocycles. The van der Waals surface area contributed by atoms with Crippen molar-refractivity contribution in [2.75, 3.05) is 6.61 Å². The number of hydrogen-bond acceptors (Lipinski definition) is 6. The SMILES string of the molecule is CCCCCCCCOc1ccc(C(=O)c2c(-c3ccc(O)cc3)sc3cc(O)cc(O)c23)cc1. The van der Waals surface area contributed by atoms with Crippen molar-refractivity contribution in [2.45, 2.75) is 45.4 Å². The van der Waals surface area contributed by atoms with Gasteiger partial charge in [-0.2, -0.15) is 0 Å². The zero-order chi connectivity index (χ0) is 24.8. The van der Waals surface area contributed by atoms with E-state index in [0.29, 0.717) is 32.7 Å². The Morgan fingerprint density at radius 3 is 2.23 bits per heavy atom. The Labute approximate surface area is 209 Å². The van der Waals surface area contributed by atoms with E-state index < -0.39 is 0 Å². The number of carbonyl (C=O) groups is 1. The van der Waals surface area contributed by atoms with Gasteiger partial charge in [0.2, 0.25) is 0 Å². The zero-order valence-corrected chi connectivity index (χ0v) is 20.6. The molecule has 35 heavy (non-hydrogen) atoms. The summed E-state index contributed by atoms with van der Waals surface area (Å²) in [6, 6.07) is 16.4. The molecule has 5 nitrogen and oxygen atoms in total. The number of benzene rings is 3. The van der Waals surface area contributed by atoms with Crippen LogP contribution in [0, 0.1) is 0 Å². The number of unbranched alkanes of at least 4 members (excludes halogenated alkanes) is 5. The van der Waals surface area contributed by atoms with Crippen molar-refractivity contribution in [3.63, 3.8) is 0 Å². The minimum atomic E-state index is -0.234. The van der Waals surface area contributed by atoms with Crippen molar-refractivity contribution in [2.24, 2.45) is 0 Å². The highest BCUT2D eigenvalue weighted by atomic mass is 32.1. The fraction of sp³-hybridized carbons (Fsp3) is 0.276. The lowest BCUT2D eigenvalue weighted by molar-refractivity contribution is 0.104. The van der Waals surface area contributed by atoms with Gasteiger partial charge in [0, 0.05) is 26.6 Å². The quantitative estimate of drug-likeness (QED) is 0.148. The first-order valence-corrected chi connectivity index (χ1v) is 12.8. The van der Waals surface area contributed by atoms with Gasteiger partial charge in [0.15, 0.2) is 5.78 Å². The molecule has 3 aromatic carbocycles. The van der Waals surface area contributed by atoms with E-state index in [9.17, 15) is 20.1 Å². The van der Waals surface area contributed by atoms with Crippen molar-refractivity contribution in [1.29, 1.82) is 0 Å². The van der Waals surface area contributed by atoms with Crippen LogP contribution < -0.4 is 4.74 Å². The first-order chi connectivity index (χ1) is 17.0. The van der Waals surface area contributed by atoms with E-state index >= 15 is 0 Å². The van der Waals surface area contributed by atoms with Gasteiger partial charge in [-0.1, -0.05) is 39.0 Å². The van der Waals surface area contributed by atoms with Gasteiger partial charge in [0.25, 0.3) is 0 Å². The number of ketones is 1. The Kier molecular flexibility index (Phi) is 7.93. The van der Waals surface area contributed by atoms with Gasteiger partial charge in [0.05, 0.1) is 12.2 Å². The lowest BCUT2D eigenvalue weighted by Gasteiger charge is -2.09. The van der Waals surface area contributed by atoms with Crippen LogP contribution in [-0.4, -0.2) is 27.7 Å². The first-order valence-electron chi connectivity index (χ1n) is 12.0. The number of thiophene rings is 1. The number of fused-ring (bicyclic) bond motifs is 1. The Morgan fingerprint density at radius 1 is 0.829 bits per heavy atom. The normalized spacial score (nSPS) is 11.1. The maximum absolute atomic E-state index is 13.7. The smallest absolute Gasteiger partial charge is 0.195 e. The predicted molar refractivity (Wildman–Crippen MR) is 141 cm³/mol. The van der Waals surface area contributed by atoms with E-state index in [1.807, 2.05) is 0 Å². The molecule has 4 rings (SSSR count). The third-order valence-corrected chi connectivity index (χ3v) is 7.18. The lowest BCUT2D eigenvalue weighted by atomic mass is 9.97. The van der Waals surface area contributed by atoms with E-state index in [0.717, 1.165) is 24.2 Å². The summed E-state index contributed by atoms with van der Waals surface area (Å²) in [5.41, 5.74) is 1.59.